The molecule has 0 saturated heterocycles. The average Bonchev–Trinajstić information content (AvgIpc) is 2.84. The van der Waals surface area contributed by atoms with Gasteiger partial charge in [-0.25, -0.2) is 12.8 Å². The van der Waals surface area contributed by atoms with E-state index in [0.29, 0.717) is 5.75 Å². The van der Waals surface area contributed by atoms with Crippen molar-refractivity contribution in [1.82, 2.24) is 10.2 Å². The molecule has 0 heterocycles. The number of hydrogen-bond donors (Lipinski definition) is 1. The molecule has 0 spiro atoms. The molecule has 0 fully saturated rings. The summed E-state index contributed by atoms with van der Waals surface area (Å²) in [7, 11) is -2.20. The quantitative estimate of drug-likeness (QED) is 0.434. The van der Waals surface area contributed by atoms with Gasteiger partial charge in [-0.1, -0.05) is 31.2 Å². The molecule has 0 aliphatic carbocycles. The number of methoxy groups -OCH3 is 1. The largest absolute Gasteiger partial charge is 0.497 e. The molecule has 0 saturated carbocycles. The molecule has 0 aliphatic heterocycles. The maximum absolute atomic E-state index is 14.3. The second kappa shape index (κ2) is 13.2. The first-order chi connectivity index (χ1) is 17.0. The van der Waals surface area contributed by atoms with Crippen LogP contribution in [0.4, 0.5) is 10.1 Å². The first kappa shape index (κ1) is 29.1. The van der Waals surface area contributed by atoms with Gasteiger partial charge in [-0.2, -0.15) is 0 Å². The summed E-state index contributed by atoms with van der Waals surface area (Å²) in [6.45, 7) is 5.64. The van der Waals surface area contributed by atoms with Crippen LogP contribution in [0, 0.1) is 5.82 Å². The lowest BCUT2D eigenvalue weighted by Crippen LogP contribution is -2.49. The Morgan fingerprint density at radius 2 is 1.72 bits per heavy atom. The average molecular weight is 522 g/mol. The van der Waals surface area contributed by atoms with Crippen molar-refractivity contribution < 1.29 is 27.1 Å². The molecule has 2 aromatic carbocycles. The highest BCUT2D eigenvalue weighted by Crippen LogP contribution is 2.22. The molecule has 198 valence electrons. The molecular formula is C26H36FN3O5S. The van der Waals surface area contributed by atoms with E-state index in [2.05, 4.69) is 5.32 Å². The van der Waals surface area contributed by atoms with Gasteiger partial charge in [-0.05, 0) is 56.5 Å². The van der Waals surface area contributed by atoms with E-state index in [0.717, 1.165) is 22.5 Å². The van der Waals surface area contributed by atoms with Crippen LogP contribution >= 0.6 is 0 Å². The normalized spacial score (nSPS) is 12.9. The van der Waals surface area contributed by atoms with Crippen molar-refractivity contribution in [2.45, 2.75) is 58.7 Å². The maximum Gasteiger partial charge on any atom is 0.242 e. The molecule has 0 radical (unpaired) electrons. The van der Waals surface area contributed by atoms with E-state index < -0.39 is 21.9 Å². The molecule has 2 aromatic rings. The summed E-state index contributed by atoms with van der Waals surface area (Å²) in [6.07, 6.45) is 1.89. The predicted molar refractivity (Wildman–Crippen MR) is 139 cm³/mol. The molecule has 1 N–H and O–H groups in total. The fourth-order valence-electron chi connectivity index (χ4n) is 3.61. The van der Waals surface area contributed by atoms with Crippen molar-refractivity contribution in [3.05, 3.63) is 59.9 Å². The minimum atomic E-state index is -3.77. The Kier molecular flexibility index (Phi) is 10.7. The number of hydrogen-bond acceptors (Lipinski definition) is 5. The maximum atomic E-state index is 14.3. The van der Waals surface area contributed by atoms with Crippen molar-refractivity contribution in [2.75, 3.05) is 24.2 Å². The summed E-state index contributed by atoms with van der Waals surface area (Å²) >= 11 is 0. The summed E-state index contributed by atoms with van der Waals surface area (Å²) in [4.78, 5) is 27.6. The lowest BCUT2D eigenvalue weighted by Gasteiger charge is -2.30. The van der Waals surface area contributed by atoms with Crippen molar-refractivity contribution in [1.29, 1.82) is 0 Å². The van der Waals surface area contributed by atoms with Gasteiger partial charge in [0.25, 0.3) is 0 Å². The zero-order valence-corrected chi connectivity index (χ0v) is 22.3. The van der Waals surface area contributed by atoms with E-state index in [9.17, 15) is 22.4 Å². The summed E-state index contributed by atoms with van der Waals surface area (Å²) in [5, 5.41) is 2.91. The summed E-state index contributed by atoms with van der Waals surface area (Å²) in [5.41, 5.74) is 0.750. The third kappa shape index (κ3) is 8.22. The number of ether oxygens (including phenoxy) is 1. The van der Waals surface area contributed by atoms with Gasteiger partial charge in [0.1, 0.15) is 17.6 Å². The summed E-state index contributed by atoms with van der Waals surface area (Å²) in [6, 6.07) is 12.0. The molecule has 2 atom stereocenters. The van der Waals surface area contributed by atoms with E-state index in [-0.39, 0.29) is 49.5 Å². The van der Waals surface area contributed by atoms with Gasteiger partial charge in [0.05, 0.1) is 19.1 Å². The van der Waals surface area contributed by atoms with E-state index in [1.807, 2.05) is 26.0 Å². The van der Waals surface area contributed by atoms with Gasteiger partial charge in [0, 0.05) is 25.6 Å². The Labute approximate surface area is 213 Å². The van der Waals surface area contributed by atoms with E-state index in [1.54, 1.807) is 32.2 Å². The van der Waals surface area contributed by atoms with Gasteiger partial charge in [0.2, 0.25) is 21.8 Å². The number of halogens is 1. The SMILES string of the molecule is CC[C@@H](C)NC(=O)[C@@H](C)N(Cc1ccc(OC)cc1)C(=O)CCCN(c1ccccc1F)S(C)(=O)=O. The van der Waals surface area contributed by atoms with Crippen LogP contribution in [0.25, 0.3) is 0 Å². The molecule has 10 heteroatoms. The Balaban J connectivity index is 2.19. The lowest BCUT2D eigenvalue weighted by atomic mass is 10.1. The standard InChI is InChI=1S/C26H36FN3O5S/c1-6-19(2)28-26(32)20(3)29(18-21-13-15-22(35-4)16-14-21)25(31)12-9-17-30(36(5,33)34)24-11-8-7-10-23(24)27/h7-8,10-11,13-16,19-20H,6,9,12,17-18H2,1-5H3,(H,28,32)/t19-,20-/m1/s1. The number of nitrogens with zero attached hydrogens (tertiary/aromatic N) is 2. The molecular weight excluding hydrogens is 485 g/mol. The topological polar surface area (TPSA) is 96.0 Å². The molecule has 0 bridgehead atoms. The number of carbonyl (C=O) groups is 2. The highest BCUT2D eigenvalue weighted by molar-refractivity contribution is 7.92. The number of nitrogens with one attached hydrogen (secondary N) is 1. The van der Waals surface area contributed by atoms with Crippen molar-refractivity contribution >= 4 is 27.5 Å². The molecule has 0 aliphatic rings. The monoisotopic (exact) mass is 521 g/mol. The first-order valence-corrected chi connectivity index (χ1v) is 13.8. The smallest absolute Gasteiger partial charge is 0.242 e. The van der Waals surface area contributed by atoms with Crippen molar-refractivity contribution in [2.24, 2.45) is 0 Å². The Morgan fingerprint density at radius 1 is 1.08 bits per heavy atom. The van der Waals surface area contributed by atoms with Crippen LogP contribution in [0.3, 0.4) is 0 Å². The van der Waals surface area contributed by atoms with E-state index in [4.69, 9.17) is 4.74 Å². The van der Waals surface area contributed by atoms with Crippen LogP contribution in [0.1, 0.15) is 45.6 Å². The minimum Gasteiger partial charge on any atom is -0.497 e. The highest BCUT2D eigenvalue weighted by Gasteiger charge is 2.27. The number of sulfonamides is 1. The van der Waals surface area contributed by atoms with E-state index >= 15 is 0 Å². The number of amides is 2. The number of rotatable bonds is 13. The highest BCUT2D eigenvalue weighted by atomic mass is 32.2. The Hall–Kier alpha value is -3.14. The van der Waals surface area contributed by atoms with E-state index in [1.165, 1.54) is 23.1 Å². The van der Waals surface area contributed by atoms with Crippen LogP contribution in [0.5, 0.6) is 5.75 Å². The number of carbonyl (C=O) groups excluding carboxylic acids is 2. The number of anilines is 1. The zero-order valence-electron chi connectivity index (χ0n) is 21.5. The second-order valence-corrected chi connectivity index (χ2v) is 10.7. The van der Waals surface area contributed by atoms with Gasteiger partial charge >= 0.3 is 0 Å². The van der Waals surface area contributed by atoms with Crippen molar-refractivity contribution in [3.63, 3.8) is 0 Å². The summed E-state index contributed by atoms with van der Waals surface area (Å²) in [5.74, 6) is -0.561. The molecule has 2 rings (SSSR count). The van der Waals surface area contributed by atoms with Gasteiger partial charge in [0.15, 0.2) is 0 Å². The molecule has 2 amide bonds. The van der Waals surface area contributed by atoms with Gasteiger partial charge in [-0.15, -0.1) is 0 Å². The van der Waals surface area contributed by atoms with Crippen LogP contribution in [-0.4, -0.2) is 57.1 Å². The zero-order chi connectivity index (χ0) is 26.9. The van der Waals surface area contributed by atoms with Crippen molar-refractivity contribution in [3.8, 4) is 5.75 Å². The van der Waals surface area contributed by atoms with Crippen LogP contribution in [0.15, 0.2) is 48.5 Å². The Bertz CT molecular complexity index is 1120. The van der Waals surface area contributed by atoms with Gasteiger partial charge < -0.3 is 15.0 Å². The first-order valence-electron chi connectivity index (χ1n) is 11.9. The molecule has 0 unspecified atom stereocenters. The third-order valence-corrected chi connectivity index (χ3v) is 7.13. The number of benzene rings is 2. The molecule has 0 aromatic heterocycles. The van der Waals surface area contributed by atoms with Crippen LogP contribution < -0.4 is 14.4 Å². The molecule has 36 heavy (non-hydrogen) atoms. The van der Waals surface area contributed by atoms with Gasteiger partial charge in [-0.3, -0.25) is 13.9 Å². The van der Waals surface area contributed by atoms with Crippen LogP contribution in [-0.2, 0) is 26.2 Å². The number of para-hydroxylation sites is 1. The Morgan fingerprint density at radius 3 is 2.28 bits per heavy atom. The second-order valence-electron chi connectivity index (χ2n) is 8.75. The lowest BCUT2D eigenvalue weighted by molar-refractivity contribution is -0.140. The molecule has 8 nitrogen and oxygen atoms in total. The van der Waals surface area contributed by atoms with Crippen LogP contribution in [0.2, 0.25) is 0 Å². The fourth-order valence-corrected chi connectivity index (χ4v) is 4.58. The third-order valence-electron chi connectivity index (χ3n) is 5.95. The minimum absolute atomic E-state index is 0.0163. The summed E-state index contributed by atoms with van der Waals surface area (Å²) < 4.78 is 45.1. The predicted octanol–water partition coefficient (Wildman–Crippen LogP) is 3.71. The fraction of sp³-hybridized carbons (Fsp3) is 0.462.